The lowest BCUT2D eigenvalue weighted by molar-refractivity contribution is -0.111. The zero-order valence-corrected chi connectivity index (χ0v) is 18.4. The minimum absolute atomic E-state index is 0.309. The number of hydrogen-bond donors (Lipinski definition) is 1. The Labute approximate surface area is 185 Å². The molecular formula is C22H24N6O2S. The van der Waals surface area contributed by atoms with Gasteiger partial charge in [-0.1, -0.05) is 42.6 Å². The van der Waals surface area contributed by atoms with Crippen LogP contribution in [0.3, 0.4) is 0 Å². The van der Waals surface area contributed by atoms with E-state index in [1.165, 1.54) is 17.8 Å². The highest BCUT2D eigenvalue weighted by molar-refractivity contribution is 7.99. The van der Waals surface area contributed by atoms with Gasteiger partial charge in [0.2, 0.25) is 17.7 Å². The Morgan fingerprint density at radius 1 is 1.23 bits per heavy atom. The summed E-state index contributed by atoms with van der Waals surface area (Å²) in [6, 6.07) is 9.72. The molecule has 9 heteroatoms. The highest BCUT2D eigenvalue weighted by Crippen LogP contribution is 2.37. The predicted octanol–water partition coefficient (Wildman–Crippen LogP) is 3.06. The molecular weight excluding hydrogens is 412 g/mol. The second kappa shape index (κ2) is 9.32. The third-order valence-electron chi connectivity index (χ3n) is 5.04. The zero-order valence-electron chi connectivity index (χ0n) is 17.5. The smallest absolute Gasteiger partial charge is 0.248 e. The van der Waals surface area contributed by atoms with Crippen LogP contribution in [-0.4, -0.2) is 66.1 Å². The Morgan fingerprint density at radius 2 is 2.00 bits per heavy atom. The normalized spacial score (nSPS) is 14.5. The van der Waals surface area contributed by atoms with Crippen LogP contribution in [0.2, 0.25) is 0 Å². The van der Waals surface area contributed by atoms with Crippen LogP contribution in [0.1, 0.15) is 0 Å². The number of carbonyl (C=O) groups excluding carboxylic acids is 1. The Balaban J connectivity index is 1.66. The van der Waals surface area contributed by atoms with Crippen molar-refractivity contribution in [1.29, 1.82) is 0 Å². The van der Waals surface area contributed by atoms with E-state index in [-0.39, 0.29) is 5.91 Å². The summed E-state index contributed by atoms with van der Waals surface area (Å²) in [5.41, 5.74) is 0. The predicted molar refractivity (Wildman–Crippen MR) is 123 cm³/mol. The van der Waals surface area contributed by atoms with Gasteiger partial charge in [-0.25, -0.2) is 9.97 Å². The zero-order chi connectivity index (χ0) is 21.8. The molecule has 0 spiro atoms. The maximum atomic E-state index is 11.8. The number of aromatic nitrogens is 3. The fraction of sp³-hybridized carbons (Fsp3) is 0.273. The number of methoxy groups -OCH3 is 1. The van der Waals surface area contributed by atoms with Gasteiger partial charge in [-0.2, -0.15) is 4.98 Å². The van der Waals surface area contributed by atoms with Crippen LogP contribution >= 0.6 is 11.8 Å². The van der Waals surface area contributed by atoms with Gasteiger partial charge in [-0.15, -0.1) is 0 Å². The maximum absolute atomic E-state index is 11.8. The molecule has 8 nitrogen and oxygen atoms in total. The van der Waals surface area contributed by atoms with E-state index >= 15 is 0 Å². The number of fused-ring (bicyclic) bond motifs is 1. The molecule has 0 saturated carbocycles. The lowest BCUT2D eigenvalue weighted by atomic mass is 10.2. The lowest BCUT2D eigenvalue weighted by Crippen LogP contribution is -2.45. The van der Waals surface area contributed by atoms with E-state index in [2.05, 4.69) is 43.7 Å². The van der Waals surface area contributed by atoms with Crippen molar-refractivity contribution >= 4 is 40.2 Å². The highest BCUT2D eigenvalue weighted by atomic mass is 32.2. The van der Waals surface area contributed by atoms with Crippen LogP contribution in [-0.2, 0) is 4.79 Å². The molecule has 0 atom stereocenters. The number of carbonyl (C=O) groups is 1. The van der Waals surface area contributed by atoms with Gasteiger partial charge in [0.05, 0.1) is 18.2 Å². The van der Waals surface area contributed by atoms with Crippen molar-refractivity contribution in [2.45, 2.75) is 9.92 Å². The molecule has 2 aromatic heterocycles. The number of hydrogen-bond acceptors (Lipinski definition) is 8. The molecule has 1 amide bonds. The van der Waals surface area contributed by atoms with Crippen LogP contribution in [0.15, 0.2) is 59.1 Å². The van der Waals surface area contributed by atoms with Crippen LogP contribution in [0, 0.1) is 0 Å². The first kappa shape index (κ1) is 21.1. The van der Waals surface area contributed by atoms with E-state index in [9.17, 15) is 4.79 Å². The molecule has 1 saturated heterocycles. The summed E-state index contributed by atoms with van der Waals surface area (Å²) < 4.78 is 5.57. The highest BCUT2D eigenvalue weighted by Gasteiger charge is 2.19. The van der Waals surface area contributed by atoms with Gasteiger partial charge in [0, 0.05) is 31.6 Å². The van der Waals surface area contributed by atoms with Gasteiger partial charge >= 0.3 is 0 Å². The van der Waals surface area contributed by atoms with E-state index < -0.39 is 0 Å². The lowest BCUT2D eigenvalue weighted by Gasteiger charge is -2.32. The average molecular weight is 437 g/mol. The Hall–Kier alpha value is -3.17. The molecule has 1 aliphatic rings. The van der Waals surface area contributed by atoms with Crippen molar-refractivity contribution in [3.05, 3.63) is 49.2 Å². The second-order valence-corrected chi connectivity index (χ2v) is 8.19. The quantitative estimate of drug-likeness (QED) is 0.591. The van der Waals surface area contributed by atoms with Gasteiger partial charge in [-0.3, -0.25) is 4.79 Å². The molecule has 160 valence electrons. The van der Waals surface area contributed by atoms with Crippen molar-refractivity contribution in [3.63, 3.8) is 0 Å². The Kier molecular flexibility index (Phi) is 6.34. The number of ether oxygens (including phenoxy) is 1. The molecule has 4 rings (SSSR count). The van der Waals surface area contributed by atoms with E-state index in [4.69, 9.17) is 4.74 Å². The van der Waals surface area contributed by atoms with Gasteiger partial charge in [0.15, 0.2) is 0 Å². The number of amides is 1. The second-order valence-electron chi connectivity index (χ2n) is 7.16. The number of benzene rings is 1. The molecule has 1 fully saturated rings. The third-order valence-corrected chi connectivity index (χ3v) is 6.04. The molecule has 0 bridgehead atoms. The number of piperazine rings is 1. The standard InChI is InChI=1S/C22H24N6O2S/c1-4-19(29)24-18-13-15-7-5-6-8-16(15)21(25-18)31-17-14-23-22(26-20(17)30-3)28-11-9-27(2)10-12-28/h4-8,13-14H,1,9-12H2,2-3H3,(H,24,25,29). The molecule has 3 heterocycles. The first-order valence-electron chi connectivity index (χ1n) is 9.93. The number of anilines is 2. The van der Waals surface area contributed by atoms with E-state index in [0.29, 0.717) is 17.6 Å². The third kappa shape index (κ3) is 4.78. The van der Waals surface area contributed by atoms with Gasteiger partial charge in [0.1, 0.15) is 10.8 Å². The molecule has 1 aromatic carbocycles. The Morgan fingerprint density at radius 3 is 2.74 bits per heavy atom. The van der Waals surface area contributed by atoms with Crippen molar-refractivity contribution in [3.8, 4) is 5.88 Å². The number of likely N-dealkylation sites (N-methyl/N-ethyl adjacent to an activating group) is 1. The molecule has 31 heavy (non-hydrogen) atoms. The van der Waals surface area contributed by atoms with Gasteiger partial charge in [0.25, 0.3) is 0 Å². The van der Waals surface area contributed by atoms with Crippen LogP contribution in [0.4, 0.5) is 11.8 Å². The fourth-order valence-electron chi connectivity index (χ4n) is 3.31. The monoisotopic (exact) mass is 436 g/mol. The summed E-state index contributed by atoms with van der Waals surface area (Å²) in [6.07, 6.45) is 2.99. The average Bonchev–Trinajstić information content (AvgIpc) is 2.79. The van der Waals surface area contributed by atoms with Crippen LogP contribution in [0.25, 0.3) is 10.8 Å². The summed E-state index contributed by atoms with van der Waals surface area (Å²) in [5.74, 6) is 1.32. The SMILES string of the molecule is C=CC(=O)Nc1cc2ccccc2c(Sc2cnc(N3CCN(C)CC3)nc2OC)n1. The topological polar surface area (TPSA) is 83.5 Å². The first-order valence-corrected chi connectivity index (χ1v) is 10.7. The van der Waals surface area contributed by atoms with Crippen molar-refractivity contribution in [1.82, 2.24) is 19.9 Å². The largest absolute Gasteiger partial charge is 0.480 e. The maximum Gasteiger partial charge on any atom is 0.248 e. The summed E-state index contributed by atoms with van der Waals surface area (Å²) in [5, 5.41) is 5.40. The van der Waals surface area contributed by atoms with Gasteiger partial charge in [-0.05, 0) is 24.6 Å². The summed E-state index contributed by atoms with van der Waals surface area (Å²) in [4.78, 5) is 30.8. The summed E-state index contributed by atoms with van der Waals surface area (Å²) >= 11 is 1.41. The number of pyridine rings is 1. The van der Waals surface area contributed by atoms with Crippen molar-refractivity contribution < 1.29 is 9.53 Å². The van der Waals surface area contributed by atoms with E-state index in [1.54, 1.807) is 13.3 Å². The van der Waals surface area contributed by atoms with Crippen molar-refractivity contribution in [2.24, 2.45) is 0 Å². The number of rotatable bonds is 6. The molecule has 1 N–H and O–H groups in total. The Bertz CT molecular complexity index is 1110. The molecule has 0 unspecified atom stereocenters. The number of nitrogens with one attached hydrogen (secondary N) is 1. The molecule has 1 aliphatic heterocycles. The van der Waals surface area contributed by atoms with E-state index in [1.807, 2.05) is 30.3 Å². The summed E-state index contributed by atoms with van der Waals surface area (Å²) in [6.45, 7) is 7.20. The molecule has 3 aromatic rings. The van der Waals surface area contributed by atoms with E-state index in [0.717, 1.165) is 46.9 Å². The first-order chi connectivity index (χ1) is 15.1. The molecule has 0 aliphatic carbocycles. The van der Waals surface area contributed by atoms with Gasteiger partial charge < -0.3 is 19.9 Å². The number of nitrogens with zero attached hydrogens (tertiary/aromatic N) is 5. The van der Waals surface area contributed by atoms with Crippen LogP contribution in [0.5, 0.6) is 5.88 Å². The summed E-state index contributed by atoms with van der Waals surface area (Å²) in [7, 11) is 3.72. The molecule has 0 radical (unpaired) electrons. The minimum Gasteiger partial charge on any atom is -0.480 e. The fourth-order valence-corrected chi connectivity index (χ4v) is 4.28. The van der Waals surface area contributed by atoms with Crippen LogP contribution < -0.4 is 15.0 Å². The minimum atomic E-state index is -0.309. The van der Waals surface area contributed by atoms with Crippen molar-refractivity contribution in [2.75, 3.05) is 50.6 Å².